The average Bonchev–Trinajstić information content (AvgIpc) is 3.56. The first-order valence-corrected chi connectivity index (χ1v) is 10.7. The first-order valence-electron chi connectivity index (χ1n) is 10.7. The molecule has 3 aromatic heterocycles. The molecule has 0 atom stereocenters. The minimum atomic E-state index is -0.574. The number of hydrogen-bond acceptors (Lipinski definition) is 6. The average molecular weight is 466 g/mol. The van der Waals surface area contributed by atoms with Crippen LogP contribution >= 0.6 is 0 Å². The van der Waals surface area contributed by atoms with Gasteiger partial charge in [-0.2, -0.15) is 5.10 Å². The Labute approximate surface area is 199 Å². The number of pyridine rings is 1. The monoisotopic (exact) mass is 466 g/mol. The highest BCUT2D eigenvalue weighted by molar-refractivity contribution is 6.02. The van der Waals surface area contributed by atoms with E-state index in [0.717, 1.165) is 16.7 Å². The van der Waals surface area contributed by atoms with E-state index >= 15 is 0 Å². The fourth-order valence-electron chi connectivity index (χ4n) is 3.51. The normalized spacial score (nSPS) is 11.1. The molecule has 172 valence electrons. The number of halogens is 1. The lowest BCUT2D eigenvalue weighted by Crippen LogP contribution is -2.10. The molecule has 0 radical (unpaired) electrons. The largest absolute Gasteiger partial charge is 0.320 e. The summed E-state index contributed by atoms with van der Waals surface area (Å²) < 4.78 is 17.5. The van der Waals surface area contributed by atoms with Gasteiger partial charge < -0.3 is 5.32 Å². The molecule has 0 aliphatic rings. The number of carbonyl (C=O) groups excluding carboxylic acids is 1. The lowest BCUT2D eigenvalue weighted by Gasteiger charge is -2.06. The molecule has 9 nitrogen and oxygen atoms in total. The molecule has 0 aliphatic heterocycles. The van der Waals surface area contributed by atoms with E-state index in [4.69, 9.17) is 5.10 Å². The molecular weight excluding hydrogens is 447 g/mol. The molecule has 0 bridgehead atoms. The van der Waals surface area contributed by atoms with E-state index in [1.54, 1.807) is 18.5 Å². The van der Waals surface area contributed by atoms with Gasteiger partial charge in [0.1, 0.15) is 17.8 Å². The van der Waals surface area contributed by atoms with E-state index in [0.29, 0.717) is 17.9 Å². The zero-order valence-electron chi connectivity index (χ0n) is 18.4. The second kappa shape index (κ2) is 9.87. The number of amides is 1. The third kappa shape index (κ3) is 5.17. The van der Waals surface area contributed by atoms with Crippen LogP contribution in [0.4, 0.5) is 10.1 Å². The van der Waals surface area contributed by atoms with Crippen molar-refractivity contribution >= 4 is 17.7 Å². The number of rotatable bonds is 7. The zero-order valence-corrected chi connectivity index (χ0v) is 18.4. The van der Waals surface area contributed by atoms with Gasteiger partial charge in [-0.25, -0.2) is 9.07 Å². The van der Waals surface area contributed by atoms with Gasteiger partial charge in [-0.3, -0.25) is 14.5 Å². The van der Waals surface area contributed by atoms with Gasteiger partial charge in [0.2, 0.25) is 5.91 Å². The lowest BCUT2D eigenvalue weighted by molar-refractivity contribution is -0.111. The van der Waals surface area contributed by atoms with Crippen molar-refractivity contribution in [3.8, 4) is 16.9 Å². The van der Waals surface area contributed by atoms with E-state index in [2.05, 4.69) is 25.8 Å². The van der Waals surface area contributed by atoms with Crippen LogP contribution in [-0.4, -0.2) is 40.9 Å². The van der Waals surface area contributed by atoms with Crippen molar-refractivity contribution in [1.29, 1.82) is 0 Å². The van der Waals surface area contributed by atoms with Crippen LogP contribution in [0.2, 0.25) is 0 Å². The Bertz CT molecular complexity index is 1460. The molecule has 0 saturated carbocycles. The topological polar surface area (TPSA) is 103 Å². The maximum Gasteiger partial charge on any atom is 0.248 e. The molecule has 1 amide bonds. The second-order valence-corrected chi connectivity index (χ2v) is 7.60. The number of tetrazole rings is 1. The van der Waals surface area contributed by atoms with Crippen LogP contribution in [0.3, 0.4) is 0 Å². The van der Waals surface area contributed by atoms with Crippen LogP contribution in [-0.2, 0) is 11.3 Å². The van der Waals surface area contributed by atoms with E-state index in [9.17, 15) is 9.18 Å². The molecule has 10 heteroatoms. The predicted molar refractivity (Wildman–Crippen MR) is 128 cm³/mol. The highest BCUT2D eigenvalue weighted by Gasteiger charge is 2.12. The lowest BCUT2D eigenvalue weighted by atomic mass is 10.1. The van der Waals surface area contributed by atoms with Crippen LogP contribution in [0.1, 0.15) is 11.1 Å². The van der Waals surface area contributed by atoms with Crippen LogP contribution in [0.5, 0.6) is 0 Å². The van der Waals surface area contributed by atoms with Crippen molar-refractivity contribution in [2.45, 2.75) is 6.54 Å². The highest BCUT2D eigenvalue weighted by Crippen LogP contribution is 2.23. The van der Waals surface area contributed by atoms with Crippen LogP contribution in [0.25, 0.3) is 23.0 Å². The summed E-state index contributed by atoms with van der Waals surface area (Å²) in [6.07, 6.45) is 9.63. The zero-order chi connectivity index (χ0) is 24.0. The molecule has 0 saturated heterocycles. The van der Waals surface area contributed by atoms with Crippen LogP contribution in [0.15, 0.2) is 91.7 Å². The third-order valence-electron chi connectivity index (χ3n) is 5.15. The number of anilines is 1. The van der Waals surface area contributed by atoms with Gasteiger partial charge in [0.15, 0.2) is 0 Å². The summed E-state index contributed by atoms with van der Waals surface area (Å²) in [7, 11) is 0. The standard InChI is InChI=1S/C25H19FN8O/c26-22-10-9-21(34-17-28-31-32-34)13-23(22)29-24(35)11-8-20-16-33(15-18-5-2-1-3-6-18)30-25(20)19-7-4-12-27-14-19/h1-14,16-17H,15H2,(H,29,35). The Morgan fingerprint density at radius 2 is 1.97 bits per heavy atom. The smallest absolute Gasteiger partial charge is 0.248 e. The van der Waals surface area contributed by atoms with Gasteiger partial charge in [-0.05, 0) is 52.4 Å². The van der Waals surface area contributed by atoms with Crippen molar-refractivity contribution in [3.63, 3.8) is 0 Å². The van der Waals surface area contributed by atoms with Crippen molar-refractivity contribution in [2.75, 3.05) is 5.32 Å². The highest BCUT2D eigenvalue weighted by atomic mass is 19.1. The summed E-state index contributed by atoms with van der Waals surface area (Å²) in [5.41, 5.74) is 3.85. The quantitative estimate of drug-likeness (QED) is 0.367. The summed E-state index contributed by atoms with van der Waals surface area (Å²) in [6.45, 7) is 0.573. The Kier molecular flexibility index (Phi) is 6.16. The molecule has 5 rings (SSSR count). The van der Waals surface area contributed by atoms with Crippen LogP contribution < -0.4 is 5.32 Å². The summed E-state index contributed by atoms with van der Waals surface area (Å²) in [5.74, 6) is -1.07. The van der Waals surface area contributed by atoms with E-state index < -0.39 is 11.7 Å². The number of benzene rings is 2. The maximum absolute atomic E-state index is 14.3. The van der Waals surface area contributed by atoms with E-state index in [1.165, 1.54) is 35.3 Å². The third-order valence-corrected chi connectivity index (χ3v) is 5.15. The van der Waals surface area contributed by atoms with Crippen LogP contribution in [0, 0.1) is 5.82 Å². The molecule has 2 aromatic carbocycles. The number of carbonyl (C=O) groups is 1. The minimum Gasteiger partial charge on any atom is -0.320 e. The Hall–Kier alpha value is -4.99. The van der Waals surface area contributed by atoms with Crippen molar-refractivity contribution in [2.24, 2.45) is 0 Å². The molecule has 0 spiro atoms. The second-order valence-electron chi connectivity index (χ2n) is 7.60. The summed E-state index contributed by atoms with van der Waals surface area (Å²) in [4.78, 5) is 16.8. The predicted octanol–water partition coefficient (Wildman–Crippen LogP) is 3.76. The fraction of sp³-hybridized carbons (Fsp3) is 0.0400. The molecule has 1 N–H and O–H groups in total. The first-order chi connectivity index (χ1) is 17.2. The number of hydrogen-bond donors (Lipinski definition) is 1. The molecule has 0 fully saturated rings. The SMILES string of the molecule is O=C(C=Cc1cn(Cc2ccccc2)nc1-c1cccnc1)Nc1cc(-n2cnnn2)ccc1F. The van der Waals surface area contributed by atoms with Gasteiger partial charge in [0.25, 0.3) is 0 Å². The number of nitrogens with zero attached hydrogens (tertiary/aromatic N) is 7. The summed E-state index contributed by atoms with van der Waals surface area (Å²) in [6, 6.07) is 17.9. The van der Waals surface area contributed by atoms with Crippen molar-refractivity contribution < 1.29 is 9.18 Å². The molecule has 0 unspecified atom stereocenters. The Morgan fingerprint density at radius 1 is 1.09 bits per heavy atom. The molecule has 0 aliphatic carbocycles. The number of nitrogens with one attached hydrogen (secondary N) is 1. The molecular formula is C25H19FN8O. The Morgan fingerprint density at radius 3 is 2.74 bits per heavy atom. The molecule has 35 heavy (non-hydrogen) atoms. The van der Waals surface area contributed by atoms with Gasteiger partial charge in [0, 0.05) is 35.8 Å². The summed E-state index contributed by atoms with van der Waals surface area (Å²) >= 11 is 0. The first kappa shape index (κ1) is 21.8. The molecule has 3 heterocycles. The Balaban J connectivity index is 1.39. The minimum absolute atomic E-state index is 0.0138. The summed E-state index contributed by atoms with van der Waals surface area (Å²) in [5, 5.41) is 18.2. The van der Waals surface area contributed by atoms with Gasteiger partial charge in [0.05, 0.1) is 17.9 Å². The maximum atomic E-state index is 14.3. The molecule has 5 aromatic rings. The van der Waals surface area contributed by atoms with Gasteiger partial charge in [-0.1, -0.05) is 30.3 Å². The van der Waals surface area contributed by atoms with Crippen molar-refractivity contribution in [1.82, 2.24) is 35.0 Å². The van der Waals surface area contributed by atoms with Crippen molar-refractivity contribution in [3.05, 3.63) is 109 Å². The van der Waals surface area contributed by atoms with E-state index in [-0.39, 0.29) is 5.69 Å². The van der Waals surface area contributed by atoms with Gasteiger partial charge >= 0.3 is 0 Å². The number of aromatic nitrogens is 7. The fourth-order valence-corrected chi connectivity index (χ4v) is 3.51. The van der Waals surface area contributed by atoms with Gasteiger partial charge in [-0.15, -0.1) is 5.10 Å². The van der Waals surface area contributed by atoms with E-state index in [1.807, 2.05) is 53.3 Å².